The highest BCUT2D eigenvalue weighted by atomic mass is 35.5. The molecule has 1 aliphatic heterocycles. The molecule has 0 aliphatic carbocycles. The van der Waals surface area contributed by atoms with Crippen LogP contribution in [-0.4, -0.2) is 12.8 Å². The molecule has 1 atom stereocenters. The first-order chi connectivity index (χ1) is 7.70. The summed E-state index contributed by atoms with van der Waals surface area (Å²) < 4.78 is 10.6. The van der Waals surface area contributed by atoms with E-state index in [0.717, 1.165) is 30.0 Å². The molecule has 1 aromatic rings. The Bertz CT molecular complexity index is 382. The van der Waals surface area contributed by atoms with Crippen LogP contribution >= 0.6 is 11.6 Å². The smallest absolute Gasteiger partial charge is 0.231 e. The second-order valence-electron chi connectivity index (χ2n) is 4.02. The quantitative estimate of drug-likeness (QED) is 0.873. The second kappa shape index (κ2) is 4.83. The molecule has 0 bridgehead atoms. The van der Waals surface area contributed by atoms with E-state index in [0.29, 0.717) is 11.1 Å². The van der Waals surface area contributed by atoms with Crippen LogP contribution in [0.4, 0.5) is 5.69 Å². The van der Waals surface area contributed by atoms with E-state index in [-0.39, 0.29) is 6.79 Å². The van der Waals surface area contributed by atoms with Crippen molar-refractivity contribution in [3.05, 3.63) is 17.2 Å². The van der Waals surface area contributed by atoms with Gasteiger partial charge in [-0.15, -0.1) is 0 Å². The summed E-state index contributed by atoms with van der Waals surface area (Å²) in [5, 5.41) is 4.05. The fourth-order valence-electron chi connectivity index (χ4n) is 1.80. The summed E-state index contributed by atoms with van der Waals surface area (Å²) in [4.78, 5) is 0. The molecule has 1 heterocycles. The first-order valence-electron chi connectivity index (χ1n) is 5.56. The van der Waals surface area contributed by atoms with Crippen LogP contribution in [0.5, 0.6) is 11.5 Å². The molecule has 1 aromatic carbocycles. The average Bonchev–Trinajstić information content (AvgIpc) is 2.65. The van der Waals surface area contributed by atoms with Crippen molar-refractivity contribution in [3.63, 3.8) is 0 Å². The van der Waals surface area contributed by atoms with Crippen molar-refractivity contribution in [2.45, 2.75) is 32.7 Å². The second-order valence-corrected chi connectivity index (χ2v) is 4.43. The van der Waals surface area contributed by atoms with Gasteiger partial charge in [0.15, 0.2) is 11.5 Å². The number of fused-ring (bicyclic) bond motifs is 1. The summed E-state index contributed by atoms with van der Waals surface area (Å²) in [6.45, 7) is 4.59. The van der Waals surface area contributed by atoms with Gasteiger partial charge in [0.25, 0.3) is 0 Å². The summed E-state index contributed by atoms with van der Waals surface area (Å²) in [6.07, 6.45) is 2.26. The van der Waals surface area contributed by atoms with Gasteiger partial charge in [-0.05, 0) is 13.3 Å². The molecule has 0 saturated heterocycles. The van der Waals surface area contributed by atoms with Gasteiger partial charge >= 0.3 is 0 Å². The Balaban J connectivity index is 2.15. The van der Waals surface area contributed by atoms with Crippen LogP contribution in [0.25, 0.3) is 0 Å². The highest BCUT2D eigenvalue weighted by Crippen LogP contribution is 2.39. The van der Waals surface area contributed by atoms with E-state index >= 15 is 0 Å². The number of hydrogen-bond acceptors (Lipinski definition) is 3. The van der Waals surface area contributed by atoms with Gasteiger partial charge in [0.1, 0.15) is 0 Å². The number of benzene rings is 1. The number of ether oxygens (including phenoxy) is 2. The lowest BCUT2D eigenvalue weighted by molar-refractivity contribution is 0.174. The van der Waals surface area contributed by atoms with Crippen LogP contribution < -0.4 is 14.8 Å². The predicted molar refractivity (Wildman–Crippen MR) is 65.6 cm³/mol. The molecule has 1 unspecified atom stereocenters. The molecule has 3 nitrogen and oxygen atoms in total. The van der Waals surface area contributed by atoms with Crippen LogP contribution in [0.15, 0.2) is 12.1 Å². The Morgan fingerprint density at radius 1 is 1.38 bits per heavy atom. The van der Waals surface area contributed by atoms with Crippen LogP contribution in [0.1, 0.15) is 26.7 Å². The standard InChI is InChI=1S/C12H16ClNO2/c1-3-4-8(2)14-10-6-12-11(5-9(10)13)15-7-16-12/h5-6,8,14H,3-4,7H2,1-2H3. The van der Waals surface area contributed by atoms with E-state index in [1.807, 2.05) is 6.07 Å². The fourth-order valence-corrected chi connectivity index (χ4v) is 2.01. The molecule has 16 heavy (non-hydrogen) atoms. The third-order valence-electron chi connectivity index (χ3n) is 2.59. The zero-order chi connectivity index (χ0) is 11.5. The number of rotatable bonds is 4. The number of anilines is 1. The molecular weight excluding hydrogens is 226 g/mol. The van der Waals surface area contributed by atoms with Gasteiger partial charge in [0, 0.05) is 18.2 Å². The summed E-state index contributed by atoms with van der Waals surface area (Å²) in [6, 6.07) is 4.10. The Labute approximate surface area is 101 Å². The first-order valence-corrected chi connectivity index (χ1v) is 5.94. The highest BCUT2D eigenvalue weighted by molar-refractivity contribution is 6.33. The Hall–Kier alpha value is -1.09. The average molecular weight is 242 g/mol. The van der Waals surface area contributed by atoms with Crippen molar-refractivity contribution in [2.24, 2.45) is 0 Å². The van der Waals surface area contributed by atoms with Gasteiger partial charge in [0.05, 0.1) is 10.7 Å². The van der Waals surface area contributed by atoms with Crippen molar-refractivity contribution >= 4 is 17.3 Å². The molecule has 0 saturated carbocycles. The van der Waals surface area contributed by atoms with Crippen molar-refractivity contribution in [3.8, 4) is 11.5 Å². The molecule has 4 heteroatoms. The van der Waals surface area contributed by atoms with Crippen molar-refractivity contribution in [1.82, 2.24) is 0 Å². The van der Waals surface area contributed by atoms with Gasteiger partial charge in [-0.2, -0.15) is 0 Å². The van der Waals surface area contributed by atoms with Crippen LogP contribution in [0.2, 0.25) is 5.02 Å². The van der Waals surface area contributed by atoms with Crippen molar-refractivity contribution in [1.29, 1.82) is 0 Å². The minimum Gasteiger partial charge on any atom is -0.454 e. The summed E-state index contributed by atoms with van der Waals surface area (Å²) in [5.74, 6) is 1.48. The molecule has 0 aromatic heterocycles. The van der Waals surface area contributed by atoms with Gasteiger partial charge in [-0.25, -0.2) is 0 Å². The third kappa shape index (κ3) is 2.35. The summed E-state index contributed by atoms with van der Waals surface area (Å²) in [5.41, 5.74) is 0.909. The fraction of sp³-hybridized carbons (Fsp3) is 0.500. The van der Waals surface area contributed by atoms with E-state index in [1.165, 1.54) is 0 Å². The predicted octanol–water partition coefficient (Wildman–Crippen LogP) is 3.67. The van der Waals surface area contributed by atoms with Crippen molar-refractivity contribution in [2.75, 3.05) is 12.1 Å². The number of halogens is 1. The summed E-state index contributed by atoms with van der Waals surface area (Å²) >= 11 is 6.15. The van der Waals surface area contributed by atoms with Crippen LogP contribution in [0.3, 0.4) is 0 Å². The molecule has 0 spiro atoms. The largest absolute Gasteiger partial charge is 0.454 e. The van der Waals surface area contributed by atoms with E-state index in [4.69, 9.17) is 21.1 Å². The minimum absolute atomic E-state index is 0.277. The van der Waals surface area contributed by atoms with Gasteiger partial charge in [-0.1, -0.05) is 24.9 Å². The molecule has 1 aliphatic rings. The molecule has 2 rings (SSSR count). The maximum absolute atomic E-state index is 6.15. The van der Waals surface area contributed by atoms with Gasteiger partial charge < -0.3 is 14.8 Å². The molecule has 0 fully saturated rings. The molecule has 0 radical (unpaired) electrons. The summed E-state index contributed by atoms with van der Waals surface area (Å²) in [7, 11) is 0. The SMILES string of the molecule is CCCC(C)Nc1cc2c(cc1Cl)OCO2. The topological polar surface area (TPSA) is 30.5 Å². The zero-order valence-electron chi connectivity index (χ0n) is 9.55. The third-order valence-corrected chi connectivity index (χ3v) is 2.90. The van der Waals surface area contributed by atoms with Gasteiger partial charge in [-0.3, -0.25) is 0 Å². The minimum atomic E-state index is 0.277. The maximum Gasteiger partial charge on any atom is 0.231 e. The first kappa shape index (κ1) is 11.4. The Morgan fingerprint density at radius 3 is 2.75 bits per heavy atom. The molecule has 1 N–H and O–H groups in total. The monoisotopic (exact) mass is 241 g/mol. The van der Waals surface area contributed by atoms with Crippen LogP contribution in [-0.2, 0) is 0 Å². The van der Waals surface area contributed by atoms with Gasteiger partial charge in [0.2, 0.25) is 6.79 Å². The highest BCUT2D eigenvalue weighted by Gasteiger charge is 2.17. The Morgan fingerprint density at radius 2 is 2.06 bits per heavy atom. The van der Waals surface area contributed by atoms with E-state index in [1.54, 1.807) is 6.07 Å². The van der Waals surface area contributed by atoms with E-state index in [2.05, 4.69) is 19.2 Å². The van der Waals surface area contributed by atoms with Crippen molar-refractivity contribution < 1.29 is 9.47 Å². The lowest BCUT2D eigenvalue weighted by Gasteiger charge is -2.15. The van der Waals surface area contributed by atoms with E-state index in [9.17, 15) is 0 Å². The maximum atomic E-state index is 6.15. The molecular formula is C12H16ClNO2. The lowest BCUT2D eigenvalue weighted by Crippen LogP contribution is -2.14. The molecule has 88 valence electrons. The Kier molecular flexibility index (Phi) is 3.44. The van der Waals surface area contributed by atoms with E-state index < -0.39 is 0 Å². The number of hydrogen-bond donors (Lipinski definition) is 1. The van der Waals surface area contributed by atoms with Crippen LogP contribution in [0, 0.1) is 0 Å². The number of nitrogens with one attached hydrogen (secondary N) is 1. The normalized spacial score (nSPS) is 14.9. The lowest BCUT2D eigenvalue weighted by atomic mass is 10.2. The molecule has 0 amide bonds. The zero-order valence-corrected chi connectivity index (χ0v) is 10.3.